The molecule has 0 aliphatic heterocycles. The molecule has 0 aliphatic rings. The van der Waals surface area contributed by atoms with Crippen molar-refractivity contribution in [1.82, 2.24) is 9.55 Å². The molecule has 4 nitrogen and oxygen atoms in total. The lowest BCUT2D eigenvalue weighted by Gasteiger charge is -1.96. The summed E-state index contributed by atoms with van der Waals surface area (Å²) < 4.78 is 1.29. The lowest BCUT2D eigenvalue weighted by molar-refractivity contribution is 0.773. The van der Waals surface area contributed by atoms with E-state index in [9.17, 15) is 9.59 Å². The second-order valence-corrected chi connectivity index (χ2v) is 3.12. The minimum atomic E-state index is -0.416. The van der Waals surface area contributed by atoms with Gasteiger partial charge in [0, 0.05) is 13.2 Å². The highest BCUT2D eigenvalue weighted by Crippen LogP contribution is 2.14. The van der Waals surface area contributed by atoms with E-state index < -0.39 is 11.2 Å². The lowest BCUT2D eigenvalue weighted by atomic mass is 10.6. The monoisotopic (exact) mass is 190 g/mol. The first kappa shape index (κ1) is 8.48. The molecule has 0 spiro atoms. The topological polar surface area (TPSA) is 54.9 Å². The number of thiol groups is 1. The normalized spacial score (nSPS) is 10.0. The highest BCUT2D eigenvalue weighted by molar-refractivity contribution is 8.68. The van der Waals surface area contributed by atoms with Gasteiger partial charge in [-0.3, -0.25) is 9.78 Å². The van der Waals surface area contributed by atoms with Crippen LogP contribution in [0.3, 0.4) is 0 Å². The maximum Gasteiger partial charge on any atom is 0.328 e. The van der Waals surface area contributed by atoms with Crippen LogP contribution in [0.15, 0.2) is 20.7 Å². The molecule has 0 atom stereocenters. The van der Waals surface area contributed by atoms with Gasteiger partial charge in [0.15, 0.2) is 0 Å². The Hall–Kier alpha value is -0.620. The zero-order valence-electron chi connectivity index (χ0n) is 5.70. The first-order valence-corrected chi connectivity index (χ1v) is 4.63. The van der Waals surface area contributed by atoms with Gasteiger partial charge < -0.3 is 4.57 Å². The minimum Gasteiger partial charge on any atom is -0.303 e. The number of rotatable bonds is 1. The van der Waals surface area contributed by atoms with Crippen LogP contribution in [0.5, 0.6) is 0 Å². The van der Waals surface area contributed by atoms with Gasteiger partial charge in [0.25, 0.3) is 5.56 Å². The van der Waals surface area contributed by atoms with Gasteiger partial charge in [-0.25, -0.2) is 4.79 Å². The number of nitrogens with one attached hydrogen (secondary N) is 1. The Morgan fingerprint density at radius 1 is 1.64 bits per heavy atom. The Morgan fingerprint density at radius 3 is 2.82 bits per heavy atom. The maximum absolute atomic E-state index is 10.9. The number of hydrogen-bond donors (Lipinski definition) is 2. The smallest absolute Gasteiger partial charge is 0.303 e. The van der Waals surface area contributed by atoms with E-state index in [1.54, 1.807) is 7.05 Å². The summed E-state index contributed by atoms with van der Waals surface area (Å²) in [6.07, 6.45) is 1.44. The van der Waals surface area contributed by atoms with Crippen LogP contribution in [0.4, 0.5) is 0 Å². The highest BCUT2D eigenvalue weighted by atomic mass is 33.1. The van der Waals surface area contributed by atoms with Gasteiger partial charge in [-0.2, -0.15) is 0 Å². The number of H-pyrrole nitrogens is 1. The Labute approximate surface area is 71.4 Å². The van der Waals surface area contributed by atoms with E-state index in [4.69, 9.17) is 0 Å². The molecule has 0 bridgehead atoms. The molecular formula is C5H6N2O2S2. The second kappa shape index (κ2) is 3.19. The Balaban J connectivity index is 3.45. The van der Waals surface area contributed by atoms with Gasteiger partial charge in [0.2, 0.25) is 0 Å². The third kappa shape index (κ3) is 1.69. The Bertz CT molecular complexity index is 367. The molecule has 1 aromatic rings. The van der Waals surface area contributed by atoms with E-state index >= 15 is 0 Å². The number of aryl methyl sites for hydroxylation is 1. The molecule has 0 amide bonds. The summed E-state index contributed by atoms with van der Waals surface area (Å²) in [6.45, 7) is 0. The summed E-state index contributed by atoms with van der Waals surface area (Å²) in [5.41, 5.74) is -0.811. The number of aromatic nitrogens is 2. The highest BCUT2D eigenvalue weighted by Gasteiger charge is 1.99. The third-order valence-electron chi connectivity index (χ3n) is 1.17. The van der Waals surface area contributed by atoms with Gasteiger partial charge in [-0.05, 0) is 0 Å². The van der Waals surface area contributed by atoms with E-state index in [0.29, 0.717) is 4.90 Å². The van der Waals surface area contributed by atoms with Crippen LogP contribution in [0, 0.1) is 0 Å². The molecule has 1 aromatic heterocycles. The molecule has 1 heterocycles. The van der Waals surface area contributed by atoms with Crippen molar-refractivity contribution in [3.63, 3.8) is 0 Å². The van der Waals surface area contributed by atoms with Crippen molar-refractivity contribution in [2.75, 3.05) is 0 Å². The van der Waals surface area contributed by atoms with Gasteiger partial charge in [-0.15, -0.1) is 11.7 Å². The standard InChI is InChI=1S/C5H6N2O2S2/c1-7-2-3(11-10)4(8)6-5(7)9/h2,10H,1H3,(H,6,8,9). The molecule has 11 heavy (non-hydrogen) atoms. The largest absolute Gasteiger partial charge is 0.328 e. The summed E-state index contributed by atoms with van der Waals surface area (Å²) in [5, 5.41) is 0. The van der Waals surface area contributed by atoms with Crippen LogP contribution in [0.1, 0.15) is 0 Å². The average Bonchev–Trinajstić information content (AvgIpc) is 1.97. The Kier molecular flexibility index (Phi) is 2.45. The zero-order chi connectivity index (χ0) is 8.43. The van der Waals surface area contributed by atoms with Gasteiger partial charge in [0.1, 0.15) is 0 Å². The second-order valence-electron chi connectivity index (χ2n) is 1.95. The average molecular weight is 190 g/mol. The van der Waals surface area contributed by atoms with Gasteiger partial charge in [-0.1, -0.05) is 10.8 Å². The number of hydrogen-bond acceptors (Lipinski definition) is 4. The molecule has 0 radical (unpaired) electrons. The van der Waals surface area contributed by atoms with Crippen LogP contribution < -0.4 is 11.2 Å². The van der Waals surface area contributed by atoms with Gasteiger partial charge >= 0.3 is 5.69 Å². The fraction of sp³-hybridized carbons (Fsp3) is 0.200. The lowest BCUT2D eigenvalue weighted by Crippen LogP contribution is -2.28. The molecule has 0 fully saturated rings. The minimum absolute atomic E-state index is 0.395. The van der Waals surface area contributed by atoms with Crippen LogP contribution >= 0.6 is 22.5 Å². The molecule has 1 rings (SSSR count). The molecule has 0 unspecified atom stereocenters. The van der Waals surface area contributed by atoms with E-state index in [1.807, 2.05) is 0 Å². The summed E-state index contributed by atoms with van der Waals surface area (Å²) in [7, 11) is 2.57. The molecule has 0 saturated carbocycles. The fourth-order valence-electron chi connectivity index (χ4n) is 0.605. The van der Waals surface area contributed by atoms with E-state index in [2.05, 4.69) is 16.6 Å². The molecule has 0 saturated heterocycles. The van der Waals surface area contributed by atoms with Crippen molar-refractivity contribution in [2.45, 2.75) is 4.90 Å². The van der Waals surface area contributed by atoms with Gasteiger partial charge in [0.05, 0.1) is 4.90 Å². The van der Waals surface area contributed by atoms with Crippen molar-refractivity contribution < 1.29 is 0 Å². The van der Waals surface area contributed by atoms with Crippen LogP contribution in [-0.4, -0.2) is 9.55 Å². The summed E-state index contributed by atoms with van der Waals surface area (Å²) in [6, 6.07) is 0. The molecule has 60 valence electrons. The molecule has 0 aliphatic carbocycles. The molecule has 6 heteroatoms. The van der Waals surface area contributed by atoms with Crippen LogP contribution in [0.25, 0.3) is 0 Å². The van der Waals surface area contributed by atoms with Crippen molar-refractivity contribution in [3.05, 3.63) is 27.0 Å². The van der Waals surface area contributed by atoms with Crippen molar-refractivity contribution in [3.8, 4) is 0 Å². The maximum atomic E-state index is 10.9. The summed E-state index contributed by atoms with van der Waals surface area (Å²) >= 11 is 3.84. The molecular weight excluding hydrogens is 184 g/mol. The predicted octanol–water partition coefficient (Wildman–Crippen LogP) is 0.0105. The fourth-order valence-corrected chi connectivity index (χ4v) is 1.33. The quantitative estimate of drug-likeness (QED) is 0.484. The molecule has 0 aromatic carbocycles. The van der Waals surface area contributed by atoms with E-state index in [1.165, 1.54) is 10.8 Å². The van der Waals surface area contributed by atoms with Crippen LogP contribution in [0.2, 0.25) is 0 Å². The number of nitrogens with zero attached hydrogens (tertiary/aromatic N) is 1. The predicted molar refractivity (Wildman–Crippen MR) is 47.1 cm³/mol. The van der Waals surface area contributed by atoms with Crippen molar-refractivity contribution in [1.29, 1.82) is 0 Å². The van der Waals surface area contributed by atoms with Crippen molar-refractivity contribution >= 4 is 22.5 Å². The Morgan fingerprint density at radius 2 is 2.27 bits per heavy atom. The first-order valence-electron chi connectivity index (χ1n) is 2.76. The molecule has 1 N–H and O–H groups in total. The van der Waals surface area contributed by atoms with Crippen molar-refractivity contribution in [2.24, 2.45) is 7.05 Å². The van der Waals surface area contributed by atoms with Crippen LogP contribution in [-0.2, 0) is 7.05 Å². The third-order valence-corrected chi connectivity index (χ3v) is 2.25. The van der Waals surface area contributed by atoms with E-state index in [-0.39, 0.29) is 0 Å². The first-order chi connectivity index (χ1) is 5.15. The zero-order valence-corrected chi connectivity index (χ0v) is 7.41. The number of aromatic amines is 1. The summed E-state index contributed by atoms with van der Waals surface area (Å²) in [4.78, 5) is 24.2. The summed E-state index contributed by atoms with van der Waals surface area (Å²) in [5.74, 6) is 0. The van der Waals surface area contributed by atoms with E-state index in [0.717, 1.165) is 10.8 Å². The SMILES string of the molecule is Cn1cc(SS)c(=O)[nH]c1=O.